The van der Waals surface area contributed by atoms with Crippen LogP contribution in [0.5, 0.6) is 0 Å². The van der Waals surface area contributed by atoms with Crippen LogP contribution in [0.15, 0.2) is 72.4 Å². The van der Waals surface area contributed by atoms with Gasteiger partial charge in [0, 0.05) is 42.3 Å². The number of aromatic nitrogens is 1. The van der Waals surface area contributed by atoms with Crippen molar-refractivity contribution in [2.24, 2.45) is 0 Å². The maximum absolute atomic E-state index is 13.9. The largest absolute Gasteiger partial charge is 1.00 e. The van der Waals surface area contributed by atoms with Gasteiger partial charge < -0.3 is 15.2 Å². The summed E-state index contributed by atoms with van der Waals surface area (Å²) in [5.41, 5.74) is 5.91. The van der Waals surface area contributed by atoms with Gasteiger partial charge in [0.2, 0.25) is 0 Å². The minimum absolute atomic E-state index is 0. The molecule has 0 bridgehead atoms. The molecule has 0 fully saturated rings. The van der Waals surface area contributed by atoms with Crippen molar-refractivity contribution in [2.45, 2.75) is 39.0 Å². The van der Waals surface area contributed by atoms with Crippen LogP contribution >= 0.6 is 23.1 Å². The minimum atomic E-state index is -1.33. The molecule has 4 rings (SSSR count). The van der Waals surface area contributed by atoms with Crippen molar-refractivity contribution in [2.75, 3.05) is 12.0 Å². The van der Waals surface area contributed by atoms with Gasteiger partial charge in [-0.25, -0.2) is 8.78 Å². The molecule has 6 nitrogen and oxygen atoms in total. The van der Waals surface area contributed by atoms with E-state index in [4.69, 9.17) is 0 Å². The van der Waals surface area contributed by atoms with Crippen LogP contribution in [-0.4, -0.2) is 39.8 Å². The van der Waals surface area contributed by atoms with Crippen molar-refractivity contribution in [3.63, 3.8) is 0 Å². The van der Waals surface area contributed by atoms with E-state index in [1.807, 2.05) is 54.5 Å². The van der Waals surface area contributed by atoms with Crippen LogP contribution in [0.4, 0.5) is 8.78 Å². The van der Waals surface area contributed by atoms with Crippen LogP contribution in [0.3, 0.4) is 0 Å². The van der Waals surface area contributed by atoms with Gasteiger partial charge in [-0.15, -0.1) is 11.3 Å². The van der Waals surface area contributed by atoms with Crippen LogP contribution < -0.4 is 29.3 Å². The van der Waals surface area contributed by atoms with Gasteiger partial charge in [-0.1, -0.05) is 30.3 Å². The zero-order valence-electron chi connectivity index (χ0n) is 23.7. The number of hydrogen-bond acceptors (Lipinski definition) is 7. The topological polar surface area (TPSA) is 85.4 Å². The molecule has 0 saturated heterocycles. The van der Waals surface area contributed by atoms with Crippen molar-refractivity contribution in [1.82, 2.24) is 15.2 Å². The first-order valence-corrected chi connectivity index (χ1v) is 15.2. The number of hydrogen-bond donors (Lipinski definition) is 1. The van der Waals surface area contributed by atoms with E-state index in [9.17, 15) is 23.5 Å². The fourth-order valence-corrected chi connectivity index (χ4v) is 5.74. The molecule has 1 heterocycles. The van der Waals surface area contributed by atoms with Gasteiger partial charge in [-0.2, -0.15) is 11.8 Å². The SMILES string of the molecule is CSCCC(NC(=O)c1ccc(CN(Cc2cc(F)cc(F)c2)Cc2cncs2)cc1-c1ccccc1C)C(=O)[O-].[Li+]. The third kappa shape index (κ3) is 9.25. The fourth-order valence-electron chi connectivity index (χ4n) is 4.63. The summed E-state index contributed by atoms with van der Waals surface area (Å²) >= 11 is 2.98. The number of carboxylic acids is 1. The number of benzene rings is 3. The molecule has 0 spiro atoms. The molecule has 1 aromatic heterocycles. The molecule has 1 unspecified atom stereocenters. The molecular weight excluding hydrogens is 571 g/mol. The number of nitrogens with one attached hydrogen (secondary N) is 1. The molecule has 1 N–H and O–H groups in total. The first kappa shape index (κ1) is 33.5. The minimum Gasteiger partial charge on any atom is -0.548 e. The van der Waals surface area contributed by atoms with E-state index in [1.165, 1.54) is 35.2 Å². The van der Waals surface area contributed by atoms with E-state index in [-0.39, 0.29) is 31.8 Å². The number of nitrogens with zero attached hydrogens (tertiary/aromatic N) is 2. The summed E-state index contributed by atoms with van der Waals surface area (Å²) in [6.07, 6.45) is 3.88. The molecule has 0 saturated carbocycles. The molecule has 1 amide bonds. The Hall–Kier alpha value is -3.00. The normalized spacial score (nSPS) is 11.6. The van der Waals surface area contributed by atoms with Crippen molar-refractivity contribution in [3.05, 3.63) is 111 Å². The van der Waals surface area contributed by atoms with E-state index in [0.717, 1.165) is 27.6 Å². The molecule has 0 aliphatic carbocycles. The Morgan fingerprint density at radius 2 is 1.71 bits per heavy atom. The first-order valence-electron chi connectivity index (χ1n) is 13.0. The zero-order valence-corrected chi connectivity index (χ0v) is 25.4. The number of halogens is 2. The molecule has 0 aliphatic heterocycles. The number of thiazole rings is 1. The first-order chi connectivity index (χ1) is 19.7. The van der Waals surface area contributed by atoms with Gasteiger partial charge >= 0.3 is 18.9 Å². The number of aliphatic carboxylic acids is 1. The molecule has 4 aromatic rings. The molecular formula is C31H30F2LiN3O3S2. The van der Waals surface area contributed by atoms with Gasteiger partial charge in [0.15, 0.2) is 0 Å². The quantitative estimate of drug-likeness (QED) is 0.237. The molecule has 214 valence electrons. The Balaban J connectivity index is 0.00000484. The van der Waals surface area contributed by atoms with Crippen LogP contribution in [0.1, 0.15) is 38.3 Å². The van der Waals surface area contributed by atoms with Crippen LogP contribution in [0.25, 0.3) is 11.1 Å². The maximum Gasteiger partial charge on any atom is 1.00 e. The Morgan fingerprint density at radius 1 is 1.00 bits per heavy atom. The van der Waals surface area contributed by atoms with Crippen molar-refractivity contribution in [3.8, 4) is 11.1 Å². The number of carbonyl (C=O) groups is 2. The summed E-state index contributed by atoms with van der Waals surface area (Å²) in [4.78, 5) is 32.3. The standard InChI is InChI=1S/C31H31F2N3O3S2.Li/c1-20-5-3-4-6-26(20)28-13-21(7-8-27(28)30(37)35-29(31(38)39)9-10-40-2)16-36(18-25-15-34-19-41-25)17-22-11-23(32)14-24(33)12-22;/h3-8,11-15,19,29H,9-10,16-18H2,1-2H3,(H,35,37)(H,38,39);/q;+1/p-1. The van der Waals surface area contributed by atoms with Crippen LogP contribution in [-0.2, 0) is 24.4 Å². The van der Waals surface area contributed by atoms with Crippen molar-refractivity contribution < 1.29 is 42.3 Å². The predicted molar refractivity (Wildman–Crippen MR) is 157 cm³/mol. The van der Waals surface area contributed by atoms with Gasteiger partial charge in [-0.3, -0.25) is 14.7 Å². The number of aryl methyl sites for hydroxylation is 1. The van der Waals surface area contributed by atoms with E-state index >= 15 is 0 Å². The molecule has 11 heteroatoms. The van der Waals surface area contributed by atoms with E-state index in [2.05, 4.69) is 10.3 Å². The van der Waals surface area contributed by atoms with Crippen molar-refractivity contribution in [1.29, 1.82) is 0 Å². The second kappa shape index (κ2) is 16.0. The van der Waals surface area contributed by atoms with E-state index in [1.54, 1.807) is 17.8 Å². The van der Waals surface area contributed by atoms with Crippen LogP contribution in [0, 0.1) is 18.6 Å². The van der Waals surface area contributed by atoms with Crippen molar-refractivity contribution >= 4 is 35.0 Å². The number of carbonyl (C=O) groups excluding carboxylic acids is 2. The predicted octanol–water partition coefficient (Wildman–Crippen LogP) is 2.20. The maximum atomic E-state index is 13.9. The van der Waals surface area contributed by atoms with E-state index in [0.29, 0.717) is 35.5 Å². The summed E-state index contributed by atoms with van der Waals surface area (Å²) in [6, 6.07) is 15.5. The Morgan fingerprint density at radius 3 is 2.36 bits per heavy atom. The van der Waals surface area contributed by atoms with Gasteiger partial charge in [0.1, 0.15) is 11.6 Å². The van der Waals surface area contributed by atoms with Gasteiger partial charge in [-0.05, 0) is 77.4 Å². The summed E-state index contributed by atoms with van der Waals surface area (Å²) in [6.45, 7) is 3.16. The number of rotatable bonds is 13. The van der Waals surface area contributed by atoms with Crippen LogP contribution in [0.2, 0.25) is 0 Å². The third-order valence-corrected chi connectivity index (χ3v) is 7.97. The Bertz CT molecular complexity index is 1480. The number of carboxylic acid groups (broad SMARTS) is 1. The van der Waals surface area contributed by atoms with E-state index < -0.39 is 29.6 Å². The molecule has 3 aromatic carbocycles. The van der Waals surface area contributed by atoms with Gasteiger partial charge in [0.05, 0.1) is 17.5 Å². The third-order valence-electron chi connectivity index (χ3n) is 6.56. The smallest absolute Gasteiger partial charge is 0.548 e. The molecule has 1 atom stereocenters. The average Bonchev–Trinajstić information content (AvgIpc) is 3.43. The zero-order chi connectivity index (χ0) is 29.4. The fraction of sp³-hybridized carbons (Fsp3) is 0.258. The summed E-state index contributed by atoms with van der Waals surface area (Å²) in [5, 5.41) is 14.3. The molecule has 42 heavy (non-hydrogen) atoms. The molecule has 0 radical (unpaired) electrons. The second-order valence-electron chi connectivity index (χ2n) is 9.71. The monoisotopic (exact) mass is 601 g/mol. The Labute approximate surface area is 264 Å². The number of amides is 1. The summed E-state index contributed by atoms with van der Waals surface area (Å²) in [7, 11) is 0. The summed E-state index contributed by atoms with van der Waals surface area (Å²) in [5.74, 6) is -2.53. The van der Waals surface area contributed by atoms with Gasteiger partial charge in [0.25, 0.3) is 5.91 Å². The summed E-state index contributed by atoms with van der Waals surface area (Å²) < 4.78 is 27.9. The average molecular weight is 602 g/mol. The second-order valence-corrected chi connectivity index (χ2v) is 11.7. The number of thioether (sulfide) groups is 1. The molecule has 0 aliphatic rings. The Kier molecular flexibility index (Phi) is 12.8.